The van der Waals surface area contributed by atoms with E-state index in [4.69, 9.17) is 4.74 Å². The largest absolute Gasteiger partial charge is 0.494 e. The van der Waals surface area contributed by atoms with Gasteiger partial charge in [-0.2, -0.15) is 0 Å². The van der Waals surface area contributed by atoms with Crippen molar-refractivity contribution in [3.8, 4) is 38.3 Å². The van der Waals surface area contributed by atoms with Gasteiger partial charge in [-0.3, -0.25) is 0 Å². The van der Waals surface area contributed by atoms with Crippen LogP contribution in [-0.2, 0) is 0 Å². The van der Waals surface area contributed by atoms with Crippen LogP contribution in [0.1, 0.15) is 0 Å². The molecule has 0 saturated heterocycles. The molecule has 0 bridgehead atoms. The molecule has 0 amide bonds. The van der Waals surface area contributed by atoms with Gasteiger partial charge in [0.2, 0.25) is 0 Å². The second-order valence-corrected chi connectivity index (χ2v) is 8.06. The predicted molar refractivity (Wildman–Crippen MR) is 108 cm³/mol. The van der Waals surface area contributed by atoms with Crippen LogP contribution in [0.2, 0.25) is 0 Å². The van der Waals surface area contributed by atoms with Crippen LogP contribution in [0.5, 0.6) is 5.75 Å². The number of benzene rings is 2. The molecule has 130 valence electrons. The van der Waals surface area contributed by atoms with Crippen molar-refractivity contribution >= 4 is 38.6 Å². The number of thiazole rings is 2. The van der Waals surface area contributed by atoms with Gasteiger partial charge < -0.3 is 4.74 Å². The Balaban J connectivity index is 1.62. The third-order valence-corrected chi connectivity index (χ3v) is 6.13. The van der Waals surface area contributed by atoms with Crippen LogP contribution in [0.15, 0.2) is 57.7 Å². The van der Waals surface area contributed by atoms with E-state index in [1.165, 1.54) is 24.5 Å². The molecule has 0 spiro atoms. The Bertz CT molecular complexity index is 1060. The fraction of sp³-hybridized carbons (Fsp3) is 0.0526. The summed E-state index contributed by atoms with van der Waals surface area (Å²) in [6.45, 7) is 0. The lowest BCUT2D eigenvalue weighted by Gasteiger charge is -2.02. The summed E-state index contributed by atoms with van der Waals surface area (Å²) in [5.41, 5.74) is 3.43. The highest BCUT2D eigenvalue weighted by molar-refractivity contribution is 9.10. The number of aromatic nitrogens is 2. The third-order valence-electron chi connectivity index (χ3n) is 3.78. The standard InChI is InChI=1S/C19H12BrFN2OS2/c1-24-17-7-4-12(8-14(17)21)16-10-26-19(23-16)18-22-15(9-25-18)11-2-5-13(20)6-3-11/h2-10H,1H3. The Morgan fingerprint density at radius 1 is 0.885 bits per heavy atom. The average molecular weight is 447 g/mol. The number of hydrogen-bond acceptors (Lipinski definition) is 5. The monoisotopic (exact) mass is 446 g/mol. The van der Waals surface area contributed by atoms with Crippen LogP contribution < -0.4 is 4.74 Å². The first kappa shape index (κ1) is 17.3. The molecule has 0 radical (unpaired) electrons. The molecular formula is C19H12BrFN2OS2. The lowest BCUT2D eigenvalue weighted by Crippen LogP contribution is -1.88. The highest BCUT2D eigenvalue weighted by Gasteiger charge is 2.13. The molecule has 0 unspecified atom stereocenters. The lowest BCUT2D eigenvalue weighted by atomic mass is 10.1. The van der Waals surface area contributed by atoms with Crippen LogP contribution in [0.4, 0.5) is 4.39 Å². The Kier molecular flexibility index (Phi) is 4.84. The van der Waals surface area contributed by atoms with Crippen LogP contribution in [0.25, 0.3) is 32.5 Å². The zero-order valence-electron chi connectivity index (χ0n) is 13.6. The molecule has 7 heteroatoms. The predicted octanol–water partition coefficient (Wildman–Crippen LogP) is 6.51. The van der Waals surface area contributed by atoms with Crippen LogP contribution in [0.3, 0.4) is 0 Å². The van der Waals surface area contributed by atoms with Crippen molar-refractivity contribution < 1.29 is 9.13 Å². The zero-order valence-corrected chi connectivity index (χ0v) is 16.8. The van der Waals surface area contributed by atoms with E-state index >= 15 is 0 Å². The normalized spacial score (nSPS) is 10.9. The van der Waals surface area contributed by atoms with E-state index in [0.29, 0.717) is 0 Å². The highest BCUT2D eigenvalue weighted by Crippen LogP contribution is 2.34. The minimum Gasteiger partial charge on any atom is -0.494 e. The molecule has 4 aromatic rings. The van der Waals surface area contributed by atoms with Crippen LogP contribution in [-0.4, -0.2) is 17.1 Å². The smallest absolute Gasteiger partial charge is 0.165 e. The minimum absolute atomic E-state index is 0.225. The summed E-state index contributed by atoms with van der Waals surface area (Å²) < 4.78 is 19.9. The summed E-state index contributed by atoms with van der Waals surface area (Å²) in [5.74, 6) is -0.172. The maximum Gasteiger partial charge on any atom is 0.165 e. The Labute approximate surface area is 166 Å². The van der Waals surface area contributed by atoms with Gasteiger partial charge >= 0.3 is 0 Å². The van der Waals surface area contributed by atoms with Gasteiger partial charge in [0.15, 0.2) is 21.6 Å². The van der Waals surface area contributed by atoms with Gasteiger partial charge in [-0.25, -0.2) is 14.4 Å². The molecule has 0 saturated carbocycles. The summed E-state index contributed by atoms with van der Waals surface area (Å²) in [6.07, 6.45) is 0. The molecule has 3 nitrogen and oxygen atoms in total. The van der Waals surface area contributed by atoms with Gasteiger partial charge in [0.25, 0.3) is 0 Å². The van der Waals surface area contributed by atoms with Crippen molar-refractivity contribution in [3.63, 3.8) is 0 Å². The van der Waals surface area contributed by atoms with Crippen molar-refractivity contribution in [2.75, 3.05) is 7.11 Å². The van der Waals surface area contributed by atoms with E-state index in [1.807, 2.05) is 35.0 Å². The van der Waals surface area contributed by atoms with Crippen LogP contribution in [0, 0.1) is 5.82 Å². The van der Waals surface area contributed by atoms with Crippen molar-refractivity contribution in [3.05, 3.63) is 63.5 Å². The van der Waals surface area contributed by atoms with E-state index in [1.54, 1.807) is 23.5 Å². The molecule has 2 aromatic heterocycles. The average Bonchev–Trinajstić information content (AvgIpc) is 3.32. The molecule has 0 fully saturated rings. The van der Waals surface area contributed by atoms with Crippen molar-refractivity contribution in [2.45, 2.75) is 0 Å². The number of rotatable bonds is 4. The summed E-state index contributed by atoms with van der Waals surface area (Å²) in [5, 5.41) is 5.61. The molecule has 0 aliphatic heterocycles. The quantitative estimate of drug-likeness (QED) is 0.358. The number of hydrogen-bond donors (Lipinski definition) is 0. The fourth-order valence-electron chi connectivity index (χ4n) is 2.46. The summed E-state index contributed by atoms with van der Waals surface area (Å²) >= 11 is 6.49. The first-order valence-electron chi connectivity index (χ1n) is 7.65. The Morgan fingerprint density at radius 3 is 2.04 bits per heavy atom. The molecule has 0 N–H and O–H groups in total. The maximum atomic E-state index is 13.9. The number of methoxy groups -OCH3 is 1. The fourth-order valence-corrected chi connectivity index (χ4v) is 4.43. The third kappa shape index (κ3) is 3.42. The van der Waals surface area contributed by atoms with Gasteiger partial charge in [0, 0.05) is 26.4 Å². The molecule has 26 heavy (non-hydrogen) atoms. The van der Waals surface area contributed by atoms with Crippen molar-refractivity contribution in [2.24, 2.45) is 0 Å². The van der Waals surface area contributed by atoms with Gasteiger partial charge in [0.1, 0.15) is 0 Å². The second-order valence-electron chi connectivity index (χ2n) is 5.43. The molecule has 0 aliphatic rings. The first-order chi connectivity index (χ1) is 12.6. The van der Waals surface area contributed by atoms with E-state index in [2.05, 4.69) is 25.9 Å². The topological polar surface area (TPSA) is 35.0 Å². The van der Waals surface area contributed by atoms with Crippen molar-refractivity contribution in [1.82, 2.24) is 9.97 Å². The first-order valence-corrected chi connectivity index (χ1v) is 10.2. The lowest BCUT2D eigenvalue weighted by molar-refractivity contribution is 0.386. The van der Waals surface area contributed by atoms with E-state index in [0.717, 1.165) is 37.0 Å². The highest BCUT2D eigenvalue weighted by atomic mass is 79.9. The zero-order chi connectivity index (χ0) is 18.1. The number of nitrogens with zero attached hydrogens (tertiary/aromatic N) is 2. The van der Waals surface area contributed by atoms with Gasteiger partial charge in [-0.15, -0.1) is 22.7 Å². The number of ether oxygens (including phenoxy) is 1. The summed E-state index contributed by atoms with van der Waals surface area (Å²) in [7, 11) is 1.45. The molecule has 2 aromatic carbocycles. The second kappa shape index (κ2) is 7.26. The van der Waals surface area contributed by atoms with Gasteiger partial charge in [0.05, 0.1) is 18.5 Å². The van der Waals surface area contributed by atoms with Gasteiger partial charge in [-0.1, -0.05) is 28.1 Å². The maximum absolute atomic E-state index is 13.9. The Morgan fingerprint density at radius 2 is 1.46 bits per heavy atom. The minimum atomic E-state index is -0.397. The van der Waals surface area contributed by atoms with E-state index in [-0.39, 0.29) is 5.75 Å². The van der Waals surface area contributed by atoms with E-state index < -0.39 is 5.82 Å². The summed E-state index contributed by atoms with van der Waals surface area (Å²) in [4.78, 5) is 9.31. The molecule has 4 rings (SSSR count). The molecule has 0 aliphatic carbocycles. The summed E-state index contributed by atoms with van der Waals surface area (Å²) in [6, 6.07) is 12.9. The van der Waals surface area contributed by atoms with Gasteiger partial charge in [-0.05, 0) is 30.3 Å². The molecular weight excluding hydrogens is 435 g/mol. The molecule has 2 heterocycles. The van der Waals surface area contributed by atoms with Crippen LogP contribution >= 0.6 is 38.6 Å². The van der Waals surface area contributed by atoms with E-state index in [9.17, 15) is 4.39 Å². The molecule has 0 atom stereocenters. The SMILES string of the molecule is COc1ccc(-c2csc(-c3nc(-c4ccc(Br)cc4)cs3)n2)cc1F. The number of halogens is 2. The van der Waals surface area contributed by atoms with Crippen molar-refractivity contribution in [1.29, 1.82) is 0 Å². The Hall–Kier alpha value is -2.09.